The zero-order chi connectivity index (χ0) is 16.1. The van der Waals surface area contributed by atoms with E-state index in [1.807, 2.05) is 0 Å². The van der Waals surface area contributed by atoms with Gasteiger partial charge in [-0.25, -0.2) is 0 Å². The maximum atomic E-state index is 12.5. The van der Waals surface area contributed by atoms with Gasteiger partial charge in [-0.15, -0.1) is 0 Å². The van der Waals surface area contributed by atoms with Crippen molar-refractivity contribution in [1.29, 1.82) is 0 Å². The van der Waals surface area contributed by atoms with Crippen LogP contribution in [0.5, 0.6) is 0 Å². The lowest BCUT2D eigenvalue weighted by Crippen LogP contribution is -2.48. The largest absolute Gasteiger partial charge is 0.349 e. The van der Waals surface area contributed by atoms with Gasteiger partial charge in [0.15, 0.2) is 0 Å². The molecule has 120 valence electrons. The van der Waals surface area contributed by atoms with Crippen LogP contribution in [-0.2, 0) is 0 Å². The summed E-state index contributed by atoms with van der Waals surface area (Å²) in [6.45, 7) is 0. The summed E-state index contributed by atoms with van der Waals surface area (Å²) in [5.41, 5.74) is 1.12. The van der Waals surface area contributed by atoms with Crippen molar-refractivity contribution in [2.45, 2.75) is 43.8 Å². The standard InChI is InChI=1S/C17H19N3O3/c1-20-16(22)13-5-2-9(6-14(13)17(20)23)15(21)19-12-7-10-3-4-11(8-12)18-10/h2,5-6,10-12,18H,3-4,7-8H2,1H3,(H,19,21). The minimum Gasteiger partial charge on any atom is -0.349 e. The van der Waals surface area contributed by atoms with E-state index in [4.69, 9.17) is 0 Å². The Bertz CT molecular complexity index is 703. The molecule has 0 aliphatic carbocycles. The number of rotatable bonds is 2. The molecule has 6 heteroatoms. The topological polar surface area (TPSA) is 78.5 Å². The van der Waals surface area contributed by atoms with E-state index in [1.54, 1.807) is 12.1 Å². The van der Waals surface area contributed by atoms with Crippen molar-refractivity contribution < 1.29 is 14.4 Å². The van der Waals surface area contributed by atoms with Crippen LogP contribution < -0.4 is 10.6 Å². The molecule has 3 aliphatic rings. The summed E-state index contributed by atoms with van der Waals surface area (Å²) in [6.07, 6.45) is 4.26. The van der Waals surface area contributed by atoms with Crippen LogP contribution in [0.3, 0.4) is 0 Å². The van der Waals surface area contributed by atoms with Gasteiger partial charge < -0.3 is 10.6 Å². The van der Waals surface area contributed by atoms with Crippen LogP contribution in [0.4, 0.5) is 0 Å². The Kier molecular flexibility index (Phi) is 3.23. The lowest BCUT2D eigenvalue weighted by atomic mass is 9.99. The van der Waals surface area contributed by atoms with Crippen molar-refractivity contribution in [1.82, 2.24) is 15.5 Å². The predicted molar refractivity (Wildman–Crippen MR) is 83.3 cm³/mol. The number of hydrogen-bond acceptors (Lipinski definition) is 4. The van der Waals surface area contributed by atoms with Crippen LogP contribution >= 0.6 is 0 Å². The number of amides is 3. The van der Waals surface area contributed by atoms with E-state index in [2.05, 4.69) is 10.6 Å². The number of imide groups is 1. The van der Waals surface area contributed by atoms with E-state index >= 15 is 0 Å². The van der Waals surface area contributed by atoms with Gasteiger partial charge >= 0.3 is 0 Å². The van der Waals surface area contributed by atoms with Crippen LogP contribution in [0.15, 0.2) is 18.2 Å². The second kappa shape index (κ2) is 5.16. The van der Waals surface area contributed by atoms with Gasteiger partial charge in [0.2, 0.25) is 0 Å². The molecule has 3 aliphatic heterocycles. The van der Waals surface area contributed by atoms with E-state index in [0.717, 1.165) is 17.7 Å². The van der Waals surface area contributed by atoms with Crippen molar-refractivity contribution in [3.8, 4) is 0 Å². The minimum absolute atomic E-state index is 0.172. The molecule has 2 bridgehead atoms. The molecule has 6 nitrogen and oxygen atoms in total. The molecule has 0 spiro atoms. The Labute approximate surface area is 134 Å². The first-order valence-corrected chi connectivity index (χ1v) is 8.06. The number of hydrogen-bond donors (Lipinski definition) is 2. The third-order valence-corrected chi connectivity index (χ3v) is 5.16. The van der Waals surface area contributed by atoms with Gasteiger partial charge in [-0.3, -0.25) is 19.3 Å². The Balaban J connectivity index is 1.52. The van der Waals surface area contributed by atoms with Crippen LogP contribution in [0.25, 0.3) is 0 Å². The molecule has 2 N–H and O–H groups in total. The van der Waals surface area contributed by atoms with Crippen molar-refractivity contribution in [2.75, 3.05) is 7.05 Å². The molecule has 1 aromatic carbocycles. The lowest BCUT2D eigenvalue weighted by Gasteiger charge is -2.29. The van der Waals surface area contributed by atoms with E-state index in [-0.39, 0.29) is 23.8 Å². The molecule has 2 unspecified atom stereocenters. The molecular formula is C17H19N3O3. The third kappa shape index (κ3) is 2.34. The van der Waals surface area contributed by atoms with E-state index in [1.165, 1.54) is 26.0 Å². The molecule has 2 atom stereocenters. The number of piperidine rings is 1. The minimum atomic E-state index is -0.348. The second-order valence-electron chi connectivity index (χ2n) is 6.71. The van der Waals surface area contributed by atoms with Crippen LogP contribution in [-0.4, -0.2) is 47.8 Å². The van der Waals surface area contributed by atoms with Gasteiger partial charge in [0.1, 0.15) is 0 Å². The molecule has 2 saturated heterocycles. The fourth-order valence-corrected chi connectivity index (χ4v) is 3.95. The molecule has 2 fully saturated rings. The highest BCUT2D eigenvalue weighted by Gasteiger charge is 2.35. The number of carbonyl (C=O) groups excluding carboxylic acids is 3. The highest BCUT2D eigenvalue weighted by atomic mass is 16.2. The number of carbonyl (C=O) groups is 3. The average molecular weight is 313 g/mol. The van der Waals surface area contributed by atoms with E-state index in [9.17, 15) is 14.4 Å². The number of nitrogens with one attached hydrogen (secondary N) is 2. The SMILES string of the molecule is CN1C(=O)c2ccc(C(=O)NC3CC4CCC(C3)N4)cc2C1=O. The molecule has 4 rings (SSSR count). The molecule has 0 saturated carbocycles. The molecule has 0 aromatic heterocycles. The van der Waals surface area contributed by atoms with Gasteiger partial charge in [0.05, 0.1) is 11.1 Å². The Morgan fingerprint density at radius 2 is 1.78 bits per heavy atom. The number of benzene rings is 1. The first-order valence-electron chi connectivity index (χ1n) is 8.06. The van der Waals surface area contributed by atoms with E-state index < -0.39 is 0 Å². The van der Waals surface area contributed by atoms with Gasteiger partial charge in [-0.1, -0.05) is 0 Å². The first kappa shape index (κ1) is 14.4. The summed E-state index contributed by atoms with van der Waals surface area (Å²) in [4.78, 5) is 37.5. The van der Waals surface area contributed by atoms with Crippen molar-refractivity contribution in [3.05, 3.63) is 34.9 Å². The quantitative estimate of drug-likeness (QED) is 0.796. The lowest BCUT2D eigenvalue weighted by molar-refractivity contribution is 0.0693. The van der Waals surface area contributed by atoms with Crippen molar-refractivity contribution in [2.24, 2.45) is 0 Å². The number of fused-ring (bicyclic) bond motifs is 3. The van der Waals surface area contributed by atoms with Gasteiger partial charge in [0.25, 0.3) is 17.7 Å². The maximum absolute atomic E-state index is 12.5. The summed E-state index contributed by atoms with van der Waals surface area (Å²) >= 11 is 0. The Hall–Kier alpha value is -2.21. The Morgan fingerprint density at radius 3 is 2.48 bits per heavy atom. The summed E-state index contributed by atoms with van der Waals surface area (Å²) in [5, 5.41) is 6.62. The smallest absolute Gasteiger partial charge is 0.261 e. The molecule has 0 radical (unpaired) electrons. The molecule has 1 aromatic rings. The van der Waals surface area contributed by atoms with Gasteiger partial charge in [0, 0.05) is 30.7 Å². The number of nitrogens with zero attached hydrogens (tertiary/aromatic N) is 1. The zero-order valence-corrected chi connectivity index (χ0v) is 13.0. The van der Waals surface area contributed by atoms with Crippen molar-refractivity contribution >= 4 is 17.7 Å². The summed E-state index contributed by atoms with van der Waals surface area (Å²) in [7, 11) is 1.45. The maximum Gasteiger partial charge on any atom is 0.261 e. The summed E-state index contributed by atoms with van der Waals surface area (Å²) in [6, 6.07) is 5.91. The second-order valence-corrected chi connectivity index (χ2v) is 6.71. The third-order valence-electron chi connectivity index (χ3n) is 5.16. The van der Waals surface area contributed by atoms with Crippen LogP contribution in [0.1, 0.15) is 56.8 Å². The predicted octanol–water partition coefficient (Wildman–Crippen LogP) is 0.925. The highest BCUT2D eigenvalue weighted by molar-refractivity contribution is 6.21. The molecular weight excluding hydrogens is 294 g/mol. The fourth-order valence-electron chi connectivity index (χ4n) is 3.95. The van der Waals surface area contributed by atoms with Gasteiger partial charge in [-0.2, -0.15) is 0 Å². The van der Waals surface area contributed by atoms with E-state index in [0.29, 0.717) is 28.8 Å². The monoisotopic (exact) mass is 313 g/mol. The summed E-state index contributed by atoms with van der Waals surface area (Å²) in [5.74, 6) is -0.833. The Morgan fingerprint density at radius 1 is 1.13 bits per heavy atom. The first-order chi connectivity index (χ1) is 11.0. The zero-order valence-electron chi connectivity index (χ0n) is 13.0. The fraction of sp³-hybridized carbons (Fsp3) is 0.471. The van der Waals surface area contributed by atoms with Gasteiger partial charge in [-0.05, 0) is 43.9 Å². The average Bonchev–Trinajstić information content (AvgIpc) is 3.00. The molecule has 3 heterocycles. The van der Waals surface area contributed by atoms with Crippen molar-refractivity contribution in [3.63, 3.8) is 0 Å². The highest BCUT2D eigenvalue weighted by Crippen LogP contribution is 2.27. The molecule has 3 amide bonds. The normalized spacial score (nSPS) is 28.9. The van der Waals surface area contributed by atoms with Crippen LogP contribution in [0, 0.1) is 0 Å². The summed E-state index contributed by atoms with van der Waals surface area (Å²) < 4.78 is 0. The molecule has 23 heavy (non-hydrogen) atoms. The van der Waals surface area contributed by atoms with Crippen LogP contribution in [0.2, 0.25) is 0 Å².